The first-order valence-electron chi connectivity index (χ1n) is 7.03. The number of nitrogens with one attached hydrogen (secondary N) is 2. The molecule has 0 aliphatic carbocycles. The molecule has 0 atom stereocenters. The standard InChI is InChI=1S/C16H13BrClN5S/c17-13-3-1-2-12(8-13)9-19-21-15-20-16(23-22-15)24-10-11-4-6-14(18)7-5-11/h1-9H,10H2,(H2,20,21,22,23)/b19-9-. The fourth-order valence-electron chi connectivity index (χ4n) is 1.84. The number of hydrazone groups is 1. The van der Waals surface area contributed by atoms with Gasteiger partial charge in [-0.3, -0.25) is 0 Å². The summed E-state index contributed by atoms with van der Waals surface area (Å²) in [6.45, 7) is 0. The second-order valence-electron chi connectivity index (χ2n) is 4.81. The van der Waals surface area contributed by atoms with Gasteiger partial charge in [0.15, 0.2) is 0 Å². The first-order chi connectivity index (χ1) is 11.7. The Hall–Kier alpha value is -1.83. The molecule has 1 aromatic heterocycles. The van der Waals surface area contributed by atoms with Gasteiger partial charge in [0.2, 0.25) is 11.1 Å². The first-order valence-corrected chi connectivity index (χ1v) is 9.19. The van der Waals surface area contributed by atoms with Crippen LogP contribution in [0.2, 0.25) is 5.02 Å². The van der Waals surface area contributed by atoms with Crippen molar-refractivity contribution in [1.29, 1.82) is 0 Å². The van der Waals surface area contributed by atoms with E-state index in [-0.39, 0.29) is 0 Å². The molecule has 0 aliphatic rings. The molecule has 2 N–H and O–H groups in total. The number of thioether (sulfide) groups is 1. The summed E-state index contributed by atoms with van der Waals surface area (Å²) >= 11 is 10.8. The molecular weight excluding hydrogens is 410 g/mol. The average Bonchev–Trinajstić information content (AvgIpc) is 3.02. The van der Waals surface area contributed by atoms with Crippen LogP contribution in [0.15, 0.2) is 63.3 Å². The van der Waals surface area contributed by atoms with E-state index in [1.54, 1.807) is 6.21 Å². The smallest absolute Gasteiger partial charge is 0.240 e. The van der Waals surface area contributed by atoms with Crippen molar-refractivity contribution in [2.75, 3.05) is 5.43 Å². The molecule has 0 radical (unpaired) electrons. The fraction of sp³-hybridized carbons (Fsp3) is 0.0625. The number of aromatic amines is 1. The normalized spacial score (nSPS) is 11.1. The second kappa shape index (κ2) is 8.32. The van der Waals surface area contributed by atoms with E-state index < -0.39 is 0 Å². The highest BCUT2D eigenvalue weighted by atomic mass is 79.9. The van der Waals surface area contributed by atoms with E-state index >= 15 is 0 Å². The van der Waals surface area contributed by atoms with Crippen molar-refractivity contribution in [2.45, 2.75) is 10.9 Å². The molecule has 0 bridgehead atoms. The number of halogens is 2. The number of hydrogen-bond acceptors (Lipinski definition) is 5. The van der Waals surface area contributed by atoms with Gasteiger partial charge in [-0.2, -0.15) is 10.1 Å². The van der Waals surface area contributed by atoms with E-state index in [2.05, 4.69) is 41.6 Å². The lowest BCUT2D eigenvalue weighted by Crippen LogP contribution is -1.92. The van der Waals surface area contributed by atoms with Gasteiger partial charge in [-0.05, 0) is 35.4 Å². The fourth-order valence-corrected chi connectivity index (χ4v) is 3.14. The third kappa shape index (κ3) is 5.09. The summed E-state index contributed by atoms with van der Waals surface area (Å²) in [7, 11) is 0. The van der Waals surface area contributed by atoms with Crippen LogP contribution in [-0.2, 0) is 5.75 Å². The van der Waals surface area contributed by atoms with Crippen molar-refractivity contribution in [3.05, 3.63) is 69.2 Å². The van der Waals surface area contributed by atoms with Crippen LogP contribution in [0.5, 0.6) is 0 Å². The summed E-state index contributed by atoms with van der Waals surface area (Å²) in [5.74, 6) is 1.27. The van der Waals surface area contributed by atoms with E-state index in [1.807, 2.05) is 48.5 Å². The minimum atomic E-state index is 0.500. The van der Waals surface area contributed by atoms with Crippen molar-refractivity contribution >= 4 is 51.5 Å². The number of benzene rings is 2. The first kappa shape index (κ1) is 17.0. The van der Waals surface area contributed by atoms with Gasteiger partial charge in [-0.1, -0.05) is 63.6 Å². The molecule has 0 unspecified atom stereocenters. The lowest BCUT2D eigenvalue weighted by molar-refractivity contribution is 0.972. The van der Waals surface area contributed by atoms with E-state index in [0.717, 1.165) is 26.4 Å². The Labute approximate surface area is 157 Å². The average molecular weight is 423 g/mol. The molecule has 0 saturated heterocycles. The second-order valence-corrected chi connectivity index (χ2v) is 7.10. The van der Waals surface area contributed by atoms with Crippen molar-refractivity contribution < 1.29 is 0 Å². The van der Waals surface area contributed by atoms with Crippen molar-refractivity contribution in [2.24, 2.45) is 5.10 Å². The number of anilines is 1. The van der Waals surface area contributed by atoms with E-state index in [4.69, 9.17) is 11.6 Å². The Morgan fingerprint density at radius 2 is 2.08 bits per heavy atom. The summed E-state index contributed by atoms with van der Waals surface area (Å²) in [6.07, 6.45) is 1.72. The van der Waals surface area contributed by atoms with Crippen LogP contribution in [-0.4, -0.2) is 21.4 Å². The largest absolute Gasteiger partial charge is 0.246 e. The summed E-state index contributed by atoms with van der Waals surface area (Å²) in [5.41, 5.74) is 4.98. The van der Waals surface area contributed by atoms with Crippen LogP contribution in [0.3, 0.4) is 0 Å². The molecule has 1 heterocycles. The van der Waals surface area contributed by atoms with Crippen LogP contribution >= 0.6 is 39.3 Å². The van der Waals surface area contributed by atoms with E-state index in [1.165, 1.54) is 11.8 Å². The summed E-state index contributed by atoms with van der Waals surface area (Å²) in [4.78, 5) is 4.33. The molecule has 0 aliphatic heterocycles. The van der Waals surface area contributed by atoms with Gasteiger partial charge in [0.25, 0.3) is 0 Å². The van der Waals surface area contributed by atoms with Gasteiger partial charge >= 0.3 is 0 Å². The Bertz CT molecular complexity index is 834. The van der Waals surface area contributed by atoms with Crippen LogP contribution < -0.4 is 5.43 Å². The predicted molar refractivity (Wildman–Crippen MR) is 103 cm³/mol. The number of rotatable bonds is 6. The molecule has 0 saturated carbocycles. The molecule has 8 heteroatoms. The topological polar surface area (TPSA) is 66.0 Å². The van der Waals surface area contributed by atoms with Gasteiger partial charge < -0.3 is 0 Å². The molecule has 2 aromatic carbocycles. The Kier molecular flexibility index (Phi) is 5.90. The molecule has 0 amide bonds. The quantitative estimate of drug-likeness (QED) is 0.335. The maximum Gasteiger partial charge on any atom is 0.240 e. The van der Waals surface area contributed by atoms with Crippen LogP contribution in [0.1, 0.15) is 11.1 Å². The summed E-state index contributed by atoms with van der Waals surface area (Å²) in [5, 5.41) is 12.5. The van der Waals surface area contributed by atoms with Crippen molar-refractivity contribution in [3.63, 3.8) is 0 Å². The van der Waals surface area contributed by atoms with Crippen LogP contribution in [0.25, 0.3) is 0 Å². The third-order valence-corrected chi connectivity index (χ3v) is 4.64. The predicted octanol–water partition coefficient (Wildman–Crippen LogP) is 4.96. The number of nitrogens with zero attached hydrogens (tertiary/aromatic N) is 3. The molecule has 24 heavy (non-hydrogen) atoms. The molecule has 3 aromatic rings. The Balaban J connectivity index is 1.52. The van der Waals surface area contributed by atoms with Crippen LogP contribution in [0.4, 0.5) is 5.95 Å². The zero-order valence-corrected chi connectivity index (χ0v) is 15.6. The zero-order valence-electron chi connectivity index (χ0n) is 12.4. The minimum absolute atomic E-state index is 0.500. The minimum Gasteiger partial charge on any atom is -0.246 e. The van der Waals surface area contributed by atoms with E-state index in [9.17, 15) is 0 Å². The highest BCUT2D eigenvalue weighted by molar-refractivity contribution is 9.10. The molecular formula is C16H13BrClN5S. The van der Waals surface area contributed by atoms with E-state index in [0.29, 0.717) is 11.1 Å². The van der Waals surface area contributed by atoms with Gasteiger partial charge in [0.1, 0.15) is 0 Å². The molecule has 0 spiro atoms. The third-order valence-electron chi connectivity index (χ3n) is 2.98. The number of hydrogen-bond donors (Lipinski definition) is 2. The monoisotopic (exact) mass is 421 g/mol. The van der Waals surface area contributed by atoms with Crippen molar-refractivity contribution in [1.82, 2.24) is 15.2 Å². The maximum atomic E-state index is 5.87. The molecule has 0 fully saturated rings. The molecule has 122 valence electrons. The van der Waals surface area contributed by atoms with Gasteiger partial charge in [0.05, 0.1) is 6.21 Å². The SMILES string of the molecule is Clc1ccc(CSc2n[nH]c(N/N=C\c3cccc(Br)c3)n2)cc1. The number of H-pyrrole nitrogens is 1. The summed E-state index contributed by atoms with van der Waals surface area (Å²) in [6, 6.07) is 15.6. The van der Waals surface area contributed by atoms with Gasteiger partial charge in [-0.25, -0.2) is 10.5 Å². The van der Waals surface area contributed by atoms with Gasteiger partial charge in [-0.15, -0.1) is 5.10 Å². The van der Waals surface area contributed by atoms with Crippen molar-refractivity contribution in [3.8, 4) is 0 Å². The highest BCUT2D eigenvalue weighted by Crippen LogP contribution is 2.21. The maximum absolute atomic E-state index is 5.87. The lowest BCUT2D eigenvalue weighted by Gasteiger charge is -1.98. The van der Waals surface area contributed by atoms with Gasteiger partial charge in [0, 0.05) is 15.2 Å². The molecule has 5 nitrogen and oxygen atoms in total. The zero-order chi connectivity index (χ0) is 16.8. The summed E-state index contributed by atoms with van der Waals surface area (Å²) < 4.78 is 1.01. The number of aromatic nitrogens is 3. The lowest BCUT2D eigenvalue weighted by atomic mass is 10.2. The highest BCUT2D eigenvalue weighted by Gasteiger charge is 2.03. The Morgan fingerprint density at radius 3 is 2.88 bits per heavy atom. The van der Waals surface area contributed by atoms with Crippen LogP contribution in [0, 0.1) is 0 Å². The Morgan fingerprint density at radius 1 is 1.25 bits per heavy atom. The molecule has 3 rings (SSSR count).